The van der Waals surface area contributed by atoms with Gasteiger partial charge in [0.2, 0.25) is 0 Å². The van der Waals surface area contributed by atoms with Crippen LogP contribution in [-0.4, -0.2) is 16.6 Å². The smallest absolute Gasteiger partial charge is 0.0880 e. The highest BCUT2D eigenvalue weighted by Crippen LogP contribution is 2.19. The number of aliphatic hydroxyl groups excluding tert-OH is 1. The minimum absolute atomic E-state index is 0.325. The van der Waals surface area contributed by atoms with E-state index in [4.69, 9.17) is 0 Å². The monoisotopic (exact) mass is 224 g/mol. The highest BCUT2D eigenvalue weighted by Gasteiger charge is 2.07. The molecule has 0 radical (unpaired) electrons. The standard InChI is InChI=1S/C13H20OS/c1-10(2)8-15-9-13(14)12-6-4-11(3)5-7-12/h4-7,10,13-14H,8-9H2,1-3H3. The number of thioether (sulfide) groups is 1. The van der Waals surface area contributed by atoms with Crippen molar-refractivity contribution in [2.24, 2.45) is 5.92 Å². The van der Waals surface area contributed by atoms with Gasteiger partial charge in [-0.3, -0.25) is 0 Å². The molecule has 0 fully saturated rings. The predicted octanol–water partition coefficient (Wildman–Crippen LogP) is 3.42. The third kappa shape index (κ3) is 4.72. The zero-order valence-electron chi connectivity index (χ0n) is 9.73. The molecule has 0 saturated heterocycles. The van der Waals surface area contributed by atoms with Crippen molar-refractivity contribution in [3.63, 3.8) is 0 Å². The molecule has 1 atom stereocenters. The average molecular weight is 224 g/mol. The summed E-state index contributed by atoms with van der Waals surface area (Å²) in [7, 11) is 0. The van der Waals surface area contributed by atoms with Crippen LogP contribution < -0.4 is 0 Å². The molecule has 0 aliphatic heterocycles. The second kappa shape index (κ2) is 6.19. The van der Waals surface area contributed by atoms with E-state index in [2.05, 4.69) is 20.8 Å². The summed E-state index contributed by atoms with van der Waals surface area (Å²) in [5.74, 6) is 2.60. The number of rotatable bonds is 5. The lowest BCUT2D eigenvalue weighted by Gasteiger charge is -2.11. The van der Waals surface area contributed by atoms with Gasteiger partial charge in [0.15, 0.2) is 0 Å². The van der Waals surface area contributed by atoms with Crippen molar-refractivity contribution in [1.82, 2.24) is 0 Å². The van der Waals surface area contributed by atoms with E-state index < -0.39 is 0 Å². The highest BCUT2D eigenvalue weighted by atomic mass is 32.2. The first kappa shape index (κ1) is 12.6. The molecule has 1 rings (SSSR count). The molecule has 0 amide bonds. The van der Waals surface area contributed by atoms with Gasteiger partial charge in [0, 0.05) is 5.75 Å². The molecule has 0 spiro atoms. The fraction of sp³-hybridized carbons (Fsp3) is 0.538. The molecule has 0 aromatic heterocycles. The molecule has 1 nitrogen and oxygen atoms in total. The van der Waals surface area contributed by atoms with Gasteiger partial charge in [0.05, 0.1) is 6.10 Å². The van der Waals surface area contributed by atoms with Crippen molar-refractivity contribution in [3.05, 3.63) is 35.4 Å². The summed E-state index contributed by atoms with van der Waals surface area (Å²) >= 11 is 1.82. The maximum absolute atomic E-state index is 9.90. The molecule has 0 saturated carbocycles. The van der Waals surface area contributed by atoms with Crippen LogP contribution in [0.15, 0.2) is 24.3 Å². The van der Waals surface area contributed by atoms with Crippen molar-refractivity contribution in [2.45, 2.75) is 26.9 Å². The molecule has 0 heterocycles. The number of benzene rings is 1. The molecule has 1 N–H and O–H groups in total. The zero-order valence-corrected chi connectivity index (χ0v) is 10.6. The van der Waals surface area contributed by atoms with Gasteiger partial charge in [-0.1, -0.05) is 43.7 Å². The van der Waals surface area contributed by atoms with Gasteiger partial charge in [-0.2, -0.15) is 11.8 Å². The Labute approximate surface area is 96.9 Å². The Morgan fingerprint density at radius 1 is 1.13 bits per heavy atom. The number of aliphatic hydroxyl groups is 1. The van der Waals surface area contributed by atoms with Crippen LogP contribution in [0.3, 0.4) is 0 Å². The van der Waals surface area contributed by atoms with E-state index in [1.165, 1.54) is 5.56 Å². The lowest BCUT2D eigenvalue weighted by molar-refractivity contribution is 0.204. The summed E-state index contributed by atoms with van der Waals surface area (Å²) in [6, 6.07) is 8.11. The molecule has 0 aliphatic rings. The first-order valence-corrected chi connectivity index (χ1v) is 6.57. The van der Waals surface area contributed by atoms with E-state index in [9.17, 15) is 5.11 Å². The Kier molecular flexibility index (Phi) is 5.20. The number of aryl methyl sites for hydroxylation is 1. The van der Waals surface area contributed by atoms with E-state index in [1.54, 1.807) is 0 Å². The summed E-state index contributed by atoms with van der Waals surface area (Å²) in [5, 5.41) is 9.90. The van der Waals surface area contributed by atoms with Crippen molar-refractivity contribution >= 4 is 11.8 Å². The lowest BCUT2D eigenvalue weighted by Crippen LogP contribution is -2.02. The molecular formula is C13H20OS. The second-order valence-electron chi connectivity index (χ2n) is 4.36. The van der Waals surface area contributed by atoms with Crippen molar-refractivity contribution in [2.75, 3.05) is 11.5 Å². The van der Waals surface area contributed by atoms with Crippen LogP contribution in [0, 0.1) is 12.8 Å². The van der Waals surface area contributed by atoms with Gasteiger partial charge in [0.1, 0.15) is 0 Å². The molecule has 1 unspecified atom stereocenters. The van der Waals surface area contributed by atoms with Gasteiger partial charge in [-0.15, -0.1) is 0 Å². The average Bonchev–Trinajstić information content (AvgIpc) is 2.18. The third-order valence-corrected chi connectivity index (χ3v) is 3.64. The lowest BCUT2D eigenvalue weighted by atomic mass is 10.1. The molecule has 2 heteroatoms. The van der Waals surface area contributed by atoms with Gasteiger partial charge in [-0.25, -0.2) is 0 Å². The van der Waals surface area contributed by atoms with Gasteiger partial charge >= 0.3 is 0 Å². The van der Waals surface area contributed by atoms with Gasteiger partial charge in [-0.05, 0) is 24.2 Å². The van der Waals surface area contributed by atoms with Gasteiger partial charge < -0.3 is 5.11 Å². The quantitative estimate of drug-likeness (QED) is 0.827. The summed E-state index contributed by atoms with van der Waals surface area (Å²) in [5.41, 5.74) is 2.26. The summed E-state index contributed by atoms with van der Waals surface area (Å²) < 4.78 is 0. The Hall–Kier alpha value is -0.470. The van der Waals surface area contributed by atoms with E-state index in [-0.39, 0.29) is 6.10 Å². The Morgan fingerprint density at radius 3 is 2.27 bits per heavy atom. The first-order valence-electron chi connectivity index (χ1n) is 5.42. The first-order chi connectivity index (χ1) is 7.09. The van der Waals surface area contributed by atoms with Crippen LogP contribution in [0.5, 0.6) is 0 Å². The summed E-state index contributed by atoms with van der Waals surface area (Å²) in [6.07, 6.45) is -0.325. The van der Waals surface area contributed by atoms with Crippen molar-refractivity contribution in [3.8, 4) is 0 Å². The Morgan fingerprint density at radius 2 is 1.73 bits per heavy atom. The van der Waals surface area contributed by atoms with E-state index in [0.29, 0.717) is 5.92 Å². The number of hydrogen-bond acceptors (Lipinski definition) is 2. The zero-order chi connectivity index (χ0) is 11.3. The molecule has 1 aromatic carbocycles. The molecule has 15 heavy (non-hydrogen) atoms. The molecular weight excluding hydrogens is 204 g/mol. The van der Waals surface area contributed by atoms with Crippen LogP contribution in [0.25, 0.3) is 0 Å². The maximum Gasteiger partial charge on any atom is 0.0880 e. The minimum Gasteiger partial charge on any atom is -0.388 e. The van der Waals surface area contributed by atoms with E-state index in [0.717, 1.165) is 17.1 Å². The fourth-order valence-electron chi connectivity index (χ4n) is 1.30. The predicted molar refractivity (Wildman–Crippen MR) is 68.3 cm³/mol. The highest BCUT2D eigenvalue weighted by molar-refractivity contribution is 7.99. The van der Waals surface area contributed by atoms with E-state index >= 15 is 0 Å². The molecule has 0 bridgehead atoms. The van der Waals surface area contributed by atoms with Crippen LogP contribution in [0.4, 0.5) is 0 Å². The topological polar surface area (TPSA) is 20.2 Å². The second-order valence-corrected chi connectivity index (χ2v) is 5.43. The minimum atomic E-state index is -0.325. The molecule has 0 aliphatic carbocycles. The molecule has 84 valence electrons. The number of hydrogen-bond donors (Lipinski definition) is 1. The van der Waals surface area contributed by atoms with Crippen molar-refractivity contribution in [1.29, 1.82) is 0 Å². The van der Waals surface area contributed by atoms with Gasteiger partial charge in [0.25, 0.3) is 0 Å². The third-order valence-electron chi connectivity index (χ3n) is 2.19. The molecule has 1 aromatic rings. The van der Waals surface area contributed by atoms with Crippen LogP contribution in [0.1, 0.15) is 31.1 Å². The summed E-state index contributed by atoms with van der Waals surface area (Å²) in [4.78, 5) is 0. The largest absolute Gasteiger partial charge is 0.388 e. The van der Waals surface area contributed by atoms with Crippen LogP contribution >= 0.6 is 11.8 Å². The Balaban J connectivity index is 2.40. The SMILES string of the molecule is Cc1ccc(C(O)CSCC(C)C)cc1. The maximum atomic E-state index is 9.90. The summed E-state index contributed by atoms with van der Waals surface area (Å²) in [6.45, 7) is 6.46. The van der Waals surface area contributed by atoms with Crippen LogP contribution in [-0.2, 0) is 0 Å². The van der Waals surface area contributed by atoms with Crippen LogP contribution in [0.2, 0.25) is 0 Å². The fourth-order valence-corrected chi connectivity index (χ4v) is 2.32. The van der Waals surface area contributed by atoms with E-state index in [1.807, 2.05) is 36.0 Å². The van der Waals surface area contributed by atoms with Crippen molar-refractivity contribution < 1.29 is 5.11 Å². The Bertz CT molecular complexity index is 279. The normalized spacial score (nSPS) is 13.1.